The molecule has 3 aromatic rings. The highest BCUT2D eigenvalue weighted by Crippen LogP contribution is 2.32. The van der Waals surface area contributed by atoms with E-state index in [1.165, 1.54) is 6.08 Å². The van der Waals surface area contributed by atoms with Crippen LogP contribution < -0.4 is 14.8 Å². The van der Waals surface area contributed by atoms with Gasteiger partial charge in [0.25, 0.3) is 0 Å². The molecule has 0 radical (unpaired) electrons. The molecule has 1 atom stereocenters. The van der Waals surface area contributed by atoms with E-state index in [1.54, 1.807) is 24.5 Å². The third-order valence-electron chi connectivity index (χ3n) is 4.52. The first-order chi connectivity index (χ1) is 14.5. The number of rotatable bonds is 8. The minimum absolute atomic E-state index is 0.132. The van der Waals surface area contributed by atoms with E-state index in [-0.39, 0.29) is 11.9 Å². The third kappa shape index (κ3) is 5.27. The van der Waals surface area contributed by atoms with Crippen LogP contribution in [0.5, 0.6) is 11.5 Å². The van der Waals surface area contributed by atoms with Crippen LogP contribution in [-0.2, 0) is 4.79 Å². The summed E-state index contributed by atoms with van der Waals surface area (Å²) in [6.45, 7) is 6.44. The molecule has 0 saturated carbocycles. The molecule has 0 aliphatic heterocycles. The van der Waals surface area contributed by atoms with E-state index in [0.717, 1.165) is 26.7 Å². The van der Waals surface area contributed by atoms with Gasteiger partial charge in [-0.2, -0.15) is 0 Å². The van der Waals surface area contributed by atoms with Crippen molar-refractivity contribution in [3.63, 3.8) is 0 Å². The normalized spacial score (nSPS) is 12.0. The fraction of sp³-hybridized carbons (Fsp3) is 0.250. The van der Waals surface area contributed by atoms with E-state index >= 15 is 0 Å². The van der Waals surface area contributed by atoms with E-state index in [9.17, 15) is 4.79 Å². The van der Waals surface area contributed by atoms with Crippen LogP contribution in [0.3, 0.4) is 0 Å². The highest BCUT2D eigenvalue weighted by atomic mass is 32.1. The van der Waals surface area contributed by atoms with Gasteiger partial charge in [-0.05, 0) is 44.5 Å². The van der Waals surface area contributed by atoms with E-state index in [0.29, 0.717) is 18.1 Å². The summed E-state index contributed by atoms with van der Waals surface area (Å²) in [6, 6.07) is 15.5. The molecule has 0 bridgehead atoms. The highest BCUT2D eigenvalue weighted by molar-refractivity contribution is 7.15. The van der Waals surface area contributed by atoms with E-state index in [2.05, 4.69) is 10.3 Å². The maximum atomic E-state index is 12.4. The molecule has 2 aromatic carbocycles. The van der Waals surface area contributed by atoms with Crippen molar-refractivity contribution >= 4 is 23.3 Å². The molecule has 156 valence electrons. The minimum Gasteiger partial charge on any atom is -0.493 e. The number of hydrogen-bond acceptors (Lipinski definition) is 5. The quantitative estimate of drug-likeness (QED) is 0.493. The molecule has 30 heavy (non-hydrogen) atoms. The molecule has 6 heteroatoms. The van der Waals surface area contributed by atoms with E-state index in [4.69, 9.17) is 9.47 Å². The SMILES string of the molecule is CCOc1ccc(/C=C/C(=O)NC(C)c2sc(-c3ccccc3)nc2C)cc1OC. The number of hydrogen-bond donors (Lipinski definition) is 1. The highest BCUT2D eigenvalue weighted by Gasteiger charge is 2.16. The van der Waals surface area contributed by atoms with Crippen LogP contribution in [0, 0.1) is 6.92 Å². The lowest BCUT2D eigenvalue weighted by Gasteiger charge is -2.11. The van der Waals surface area contributed by atoms with Crippen molar-refractivity contribution in [1.82, 2.24) is 10.3 Å². The summed E-state index contributed by atoms with van der Waals surface area (Å²) < 4.78 is 10.9. The summed E-state index contributed by atoms with van der Waals surface area (Å²) in [5, 5.41) is 3.98. The first-order valence-electron chi connectivity index (χ1n) is 9.84. The number of nitrogens with zero attached hydrogens (tertiary/aromatic N) is 1. The van der Waals surface area contributed by atoms with E-state index < -0.39 is 0 Å². The molecule has 1 amide bonds. The van der Waals surface area contributed by atoms with Gasteiger partial charge in [-0.3, -0.25) is 4.79 Å². The topological polar surface area (TPSA) is 60.5 Å². The van der Waals surface area contributed by atoms with Gasteiger partial charge in [-0.1, -0.05) is 36.4 Å². The second-order valence-corrected chi connectivity index (χ2v) is 7.77. The summed E-state index contributed by atoms with van der Waals surface area (Å²) in [6.07, 6.45) is 3.29. The zero-order valence-electron chi connectivity index (χ0n) is 17.6. The predicted molar refractivity (Wildman–Crippen MR) is 122 cm³/mol. The van der Waals surface area contributed by atoms with Gasteiger partial charge >= 0.3 is 0 Å². The summed E-state index contributed by atoms with van der Waals surface area (Å²) in [7, 11) is 1.60. The molecule has 0 aliphatic carbocycles. The maximum absolute atomic E-state index is 12.4. The maximum Gasteiger partial charge on any atom is 0.244 e. The van der Waals surface area contributed by atoms with Gasteiger partial charge in [-0.15, -0.1) is 11.3 Å². The second-order valence-electron chi connectivity index (χ2n) is 6.74. The molecular formula is C24H26N2O3S. The lowest BCUT2D eigenvalue weighted by atomic mass is 10.2. The van der Waals surface area contributed by atoms with Crippen LogP contribution >= 0.6 is 11.3 Å². The lowest BCUT2D eigenvalue weighted by molar-refractivity contribution is -0.117. The molecule has 0 fully saturated rings. The van der Waals surface area contributed by atoms with Gasteiger partial charge in [0.15, 0.2) is 11.5 Å². The molecule has 0 saturated heterocycles. The van der Waals surface area contributed by atoms with Crippen molar-refractivity contribution in [3.05, 3.63) is 70.7 Å². The zero-order chi connectivity index (χ0) is 21.5. The van der Waals surface area contributed by atoms with Crippen LogP contribution in [0.15, 0.2) is 54.6 Å². The van der Waals surface area contributed by atoms with Crippen molar-refractivity contribution in [1.29, 1.82) is 0 Å². The van der Waals surface area contributed by atoms with Crippen LogP contribution in [-0.4, -0.2) is 24.6 Å². The minimum atomic E-state index is -0.163. The number of aromatic nitrogens is 1. The first-order valence-corrected chi connectivity index (χ1v) is 10.7. The Hall–Kier alpha value is -3.12. The standard InChI is InChI=1S/C24H26N2O3S/c1-5-29-20-13-11-18(15-21(20)28-4)12-14-22(27)25-16(2)23-17(3)26-24(30-23)19-9-7-6-8-10-19/h6-16H,5H2,1-4H3,(H,25,27)/b14-12+. The van der Waals surface area contributed by atoms with Crippen molar-refractivity contribution in [2.45, 2.75) is 26.8 Å². The number of carbonyl (C=O) groups is 1. The average molecular weight is 423 g/mol. The molecule has 1 aromatic heterocycles. The molecule has 3 rings (SSSR count). The number of aryl methyl sites for hydroxylation is 1. The van der Waals surface area contributed by atoms with Crippen LogP contribution in [0.1, 0.15) is 36.0 Å². The number of benzene rings is 2. The lowest BCUT2D eigenvalue weighted by Crippen LogP contribution is -2.24. The van der Waals surface area contributed by atoms with Crippen LogP contribution in [0.4, 0.5) is 0 Å². The van der Waals surface area contributed by atoms with Gasteiger partial charge in [0, 0.05) is 11.6 Å². The Kier molecular flexibility index (Phi) is 7.25. The number of carbonyl (C=O) groups excluding carboxylic acids is 1. The monoisotopic (exact) mass is 422 g/mol. The van der Waals surface area contributed by atoms with Crippen molar-refractivity contribution in [2.24, 2.45) is 0 Å². The molecule has 5 nitrogen and oxygen atoms in total. The summed E-state index contributed by atoms with van der Waals surface area (Å²) >= 11 is 1.61. The van der Waals surface area contributed by atoms with E-state index in [1.807, 2.05) is 69.3 Å². The fourth-order valence-electron chi connectivity index (χ4n) is 3.08. The first kappa shape index (κ1) is 21.6. The largest absolute Gasteiger partial charge is 0.493 e. The summed E-state index contributed by atoms with van der Waals surface area (Å²) in [5.74, 6) is 1.16. The molecular weight excluding hydrogens is 396 g/mol. The summed E-state index contributed by atoms with van der Waals surface area (Å²) in [5.41, 5.74) is 2.88. The Morgan fingerprint density at radius 2 is 1.97 bits per heavy atom. The Bertz CT molecular complexity index is 1030. The Morgan fingerprint density at radius 3 is 2.67 bits per heavy atom. The number of amides is 1. The molecule has 1 heterocycles. The molecule has 0 aliphatic rings. The Morgan fingerprint density at radius 1 is 1.20 bits per heavy atom. The zero-order valence-corrected chi connectivity index (χ0v) is 18.5. The average Bonchev–Trinajstić information content (AvgIpc) is 3.15. The second kappa shape index (κ2) is 10.1. The Balaban J connectivity index is 1.67. The number of methoxy groups -OCH3 is 1. The molecule has 1 unspecified atom stereocenters. The van der Waals surface area contributed by atoms with Gasteiger partial charge in [0.05, 0.1) is 30.3 Å². The third-order valence-corrected chi connectivity index (χ3v) is 5.91. The van der Waals surface area contributed by atoms with Crippen molar-refractivity contribution < 1.29 is 14.3 Å². The number of nitrogens with one attached hydrogen (secondary N) is 1. The van der Waals surface area contributed by atoms with Gasteiger partial charge in [0.1, 0.15) is 5.01 Å². The van der Waals surface area contributed by atoms with Crippen LogP contribution in [0.25, 0.3) is 16.6 Å². The van der Waals surface area contributed by atoms with Gasteiger partial charge < -0.3 is 14.8 Å². The Labute approximate surface area is 181 Å². The predicted octanol–water partition coefficient (Wildman–Crippen LogP) is 5.42. The smallest absolute Gasteiger partial charge is 0.244 e. The number of ether oxygens (including phenoxy) is 2. The van der Waals surface area contributed by atoms with Crippen LogP contribution in [0.2, 0.25) is 0 Å². The number of thiazole rings is 1. The summed E-state index contributed by atoms with van der Waals surface area (Å²) in [4.78, 5) is 18.2. The van der Waals surface area contributed by atoms with Gasteiger partial charge in [0.2, 0.25) is 5.91 Å². The van der Waals surface area contributed by atoms with Gasteiger partial charge in [-0.25, -0.2) is 4.98 Å². The van der Waals surface area contributed by atoms with Crippen molar-refractivity contribution in [3.8, 4) is 22.1 Å². The molecule has 1 N–H and O–H groups in total. The fourth-order valence-corrected chi connectivity index (χ4v) is 4.15. The van der Waals surface area contributed by atoms with Crippen molar-refractivity contribution in [2.75, 3.05) is 13.7 Å². The molecule has 0 spiro atoms.